The van der Waals surface area contributed by atoms with Crippen LogP contribution in [0.3, 0.4) is 0 Å². The van der Waals surface area contributed by atoms with Crippen LogP contribution in [0.15, 0.2) is 53.3 Å². The summed E-state index contributed by atoms with van der Waals surface area (Å²) in [4.78, 5) is 38.1. The van der Waals surface area contributed by atoms with Crippen LogP contribution < -0.4 is 21.5 Å². The predicted molar refractivity (Wildman–Crippen MR) is 150 cm³/mol. The van der Waals surface area contributed by atoms with Crippen LogP contribution in [0.2, 0.25) is 0 Å². The van der Waals surface area contributed by atoms with Gasteiger partial charge >= 0.3 is 0 Å². The molecule has 40 heavy (non-hydrogen) atoms. The molecule has 206 valence electrons. The zero-order valence-corrected chi connectivity index (χ0v) is 22.2. The predicted octanol–water partition coefficient (Wildman–Crippen LogP) is 4.10. The lowest BCUT2D eigenvalue weighted by Gasteiger charge is -2.30. The van der Waals surface area contributed by atoms with Gasteiger partial charge in [-0.25, -0.2) is 13.8 Å². The van der Waals surface area contributed by atoms with Gasteiger partial charge in [-0.15, -0.1) is 0 Å². The number of aryl methyl sites for hydroxylation is 1. The number of hydrogen-bond acceptors (Lipinski definition) is 6. The summed E-state index contributed by atoms with van der Waals surface area (Å²) < 4.78 is 31.0. The lowest BCUT2D eigenvalue weighted by atomic mass is 9.98. The third kappa shape index (κ3) is 4.95. The quantitative estimate of drug-likeness (QED) is 0.379. The summed E-state index contributed by atoms with van der Waals surface area (Å²) >= 11 is 0. The van der Waals surface area contributed by atoms with Crippen molar-refractivity contribution in [1.82, 2.24) is 19.9 Å². The van der Waals surface area contributed by atoms with Crippen molar-refractivity contribution in [1.29, 1.82) is 0 Å². The Hall–Kier alpha value is -4.18. The molecule has 1 aliphatic heterocycles. The topological polar surface area (TPSA) is 106 Å². The highest BCUT2D eigenvalue weighted by molar-refractivity contribution is 6.04. The number of rotatable bonds is 6. The van der Waals surface area contributed by atoms with Gasteiger partial charge in [0.1, 0.15) is 17.3 Å². The molecule has 4 aromatic rings. The van der Waals surface area contributed by atoms with Crippen LogP contribution in [0.1, 0.15) is 41.6 Å². The molecule has 1 amide bonds. The van der Waals surface area contributed by atoms with Crippen LogP contribution >= 0.6 is 0 Å². The van der Waals surface area contributed by atoms with Crippen LogP contribution in [0.4, 0.5) is 14.7 Å². The van der Waals surface area contributed by atoms with Crippen LogP contribution in [-0.4, -0.2) is 46.1 Å². The lowest BCUT2D eigenvalue weighted by Crippen LogP contribution is -2.40. The zero-order chi connectivity index (χ0) is 28.0. The fourth-order valence-electron chi connectivity index (χ4n) is 5.17. The van der Waals surface area contributed by atoms with Gasteiger partial charge in [0.25, 0.3) is 11.5 Å². The monoisotopic (exact) mass is 544 g/mol. The number of hydrogen-bond donors (Lipinski definition) is 2. The van der Waals surface area contributed by atoms with E-state index in [1.54, 1.807) is 12.1 Å². The first-order chi connectivity index (χ1) is 19.3. The Labute approximate surface area is 229 Å². The molecular formula is C30H30F2N6O2. The molecule has 1 saturated heterocycles. The number of carbonyl (C=O) groups excluding carboxylic acids is 1. The van der Waals surface area contributed by atoms with E-state index in [4.69, 9.17) is 15.7 Å². The minimum absolute atomic E-state index is 0.0530. The Morgan fingerprint density at radius 3 is 2.45 bits per heavy atom. The van der Waals surface area contributed by atoms with Crippen molar-refractivity contribution in [3.05, 3.63) is 81.6 Å². The minimum atomic E-state index is -0.893. The molecule has 2 fully saturated rings. The number of anilines is 1. The van der Waals surface area contributed by atoms with E-state index >= 15 is 8.78 Å². The number of amides is 1. The summed E-state index contributed by atoms with van der Waals surface area (Å²) in [5, 5.41) is 3.41. The maximum atomic E-state index is 15.0. The van der Waals surface area contributed by atoms with Crippen molar-refractivity contribution in [3.8, 4) is 16.9 Å². The van der Waals surface area contributed by atoms with Crippen LogP contribution in [0, 0.1) is 24.5 Å². The number of carbonyl (C=O) groups is 1. The highest BCUT2D eigenvalue weighted by Crippen LogP contribution is 2.33. The van der Waals surface area contributed by atoms with E-state index in [9.17, 15) is 9.59 Å². The standard InChI is InChI=1S/C30H30F2N6O2/c1-17-5-8-20(29(40)34-16-18-6-7-18)22(15-17)26-21-9-10-25(39)38(27-23(31)3-2-4-24(27)32)28(21)36-30(35-26)37-13-11-19(33)12-14-37/h2-5,8-10,15,18-19H,6-7,11-14,16,33H2,1H3,(H,34,40). The highest BCUT2D eigenvalue weighted by Gasteiger charge is 2.26. The Balaban J connectivity index is 1.61. The molecule has 1 aliphatic carbocycles. The van der Waals surface area contributed by atoms with Gasteiger partial charge in [0.2, 0.25) is 5.95 Å². The fraction of sp³-hybridized carbons (Fsp3) is 0.333. The first-order valence-electron chi connectivity index (χ1n) is 13.6. The summed E-state index contributed by atoms with van der Waals surface area (Å²) in [5.41, 5.74) is 7.30. The fourth-order valence-corrected chi connectivity index (χ4v) is 5.17. The number of halogens is 2. The SMILES string of the molecule is Cc1ccc(C(=O)NCC2CC2)c(-c2nc(N3CCC(N)CC3)nc3c2ccc(=O)n3-c2c(F)cccc2F)c1. The smallest absolute Gasteiger partial charge is 0.256 e. The number of benzene rings is 2. The van der Waals surface area contributed by atoms with Gasteiger partial charge in [0.05, 0.1) is 5.69 Å². The van der Waals surface area contributed by atoms with Crippen molar-refractivity contribution >= 4 is 22.9 Å². The second kappa shape index (κ2) is 10.4. The van der Waals surface area contributed by atoms with Gasteiger partial charge < -0.3 is 16.0 Å². The van der Waals surface area contributed by atoms with Crippen molar-refractivity contribution in [2.75, 3.05) is 24.5 Å². The molecule has 2 aliphatic rings. The van der Waals surface area contributed by atoms with E-state index in [2.05, 4.69) is 5.32 Å². The first-order valence-corrected chi connectivity index (χ1v) is 13.6. The second-order valence-corrected chi connectivity index (χ2v) is 10.7. The third-order valence-electron chi connectivity index (χ3n) is 7.65. The van der Waals surface area contributed by atoms with E-state index in [1.165, 1.54) is 12.1 Å². The van der Waals surface area contributed by atoms with Gasteiger partial charge in [-0.2, -0.15) is 4.98 Å². The van der Waals surface area contributed by atoms with Gasteiger partial charge in [-0.1, -0.05) is 17.7 Å². The van der Waals surface area contributed by atoms with Gasteiger partial charge in [0, 0.05) is 48.3 Å². The van der Waals surface area contributed by atoms with E-state index in [0.717, 1.165) is 47.9 Å². The molecule has 0 radical (unpaired) electrons. The zero-order valence-electron chi connectivity index (χ0n) is 22.2. The summed E-state index contributed by atoms with van der Waals surface area (Å²) in [5.74, 6) is -1.21. The van der Waals surface area contributed by atoms with Gasteiger partial charge in [-0.05, 0) is 68.9 Å². The molecule has 2 aromatic carbocycles. The molecule has 0 unspecified atom stereocenters. The number of pyridine rings is 1. The second-order valence-electron chi connectivity index (χ2n) is 10.7. The molecule has 2 aromatic heterocycles. The largest absolute Gasteiger partial charge is 0.352 e. The van der Waals surface area contributed by atoms with Crippen LogP contribution in [0.5, 0.6) is 0 Å². The molecule has 3 N–H and O–H groups in total. The van der Waals surface area contributed by atoms with Crippen LogP contribution in [-0.2, 0) is 0 Å². The molecule has 3 heterocycles. The molecule has 0 spiro atoms. The van der Waals surface area contributed by atoms with Crippen molar-refractivity contribution in [2.45, 2.75) is 38.6 Å². The molecule has 8 nitrogen and oxygen atoms in total. The third-order valence-corrected chi connectivity index (χ3v) is 7.65. The Kier molecular flexibility index (Phi) is 6.79. The summed E-state index contributed by atoms with van der Waals surface area (Å²) in [6.45, 7) is 3.68. The molecule has 6 rings (SSSR count). The van der Waals surface area contributed by atoms with Crippen molar-refractivity contribution in [3.63, 3.8) is 0 Å². The number of fused-ring (bicyclic) bond motifs is 1. The molecular weight excluding hydrogens is 514 g/mol. The maximum absolute atomic E-state index is 15.0. The summed E-state index contributed by atoms with van der Waals surface area (Å²) in [6.07, 6.45) is 3.65. The molecule has 10 heteroatoms. The maximum Gasteiger partial charge on any atom is 0.256 e. The molecule has 0 bridgehead atoms. The average Bonchev–Trinajstić information content (AvgIpc) is 3.77. The number of nitrogens with two attached hydrogens (primary N) is 1. The van der Waals surface area contributed by atoms with Gasteiger partial charge in [0.15, 0.2) is 5.65 Å². The number of piperidine rings is 1. The molecule has 1 saturated carbocycles. The van der Waals surface area contributed by atoms with E-state index < -0.39 is 22.9 Å². The summed E-state index contributed by atoms with van der Waals surface area (Å²) in [6, 6.07) is 11.8. The summed E-state index contributed by atoms with van der Waals surface area (Å²) in [7, 11) is 0. The number of para-hydroxylation sites is 1. The van der Waals surface area contributed by atoms with Crippen molar-refractivity contribution < 1.29 is 13.6 Å². The number of aromatic nitrogens is 3. The Bertz CT molecular complexity index is 1660. The minimum Gasteiger partial charge on any atom is -0.352 e. The lowest BCUT2D eigenvalue weighted by molar-refractivity contribution is 0.0952. The van der Waals surface area contributed by atoms with E-state index in [1.807, 2.05) is 24.0 Å². The van der Waals surface area contributed by atoms with E-state index in [0.29, 0.717) is 53.7 Å². The van der Waals surface area contributed by atoms with Crippen molar-refractivity contribution in [2.24, 2.45) is 11.7 Å². The average molecular weight is 545 g/mol. The first kappa shape index (κ1) is 26.1. The van der Waals surface area contributed by atoms with Crippen LogP contribution in [0.25, 0.3) is 28.0 Å². The Morgan fingerprint density at radius 2 is 1.75 bits per heavy atom. The number of nitrogens with one attached hydrogen (secondary N) is 1. The number of nitrogens with zero attached hydrogens (tertiary/aromatic N) is 4. The normalized spacial score (nSPS) is 15.9. The van der Waals surface area contributed by atoms with Gasteiger partial charge in [-0.3, -0.25) is 14.2 Å². The van der Waals surface area contributed by atoms with E-state index in [-0.39, 0.29) is 17.6 Å². The Morgan fingerprint density at radius 1 is 1.02 bits per heavy atom. The highest BCUT2D eigenvalue weighted by atomic mass is 19.1. The molecule has 0 atom stereocenters.